The van der Waals surface area contributed by atoms with E-state index in [4.69, 9.17) is 0 Å². The van der Waals surface area contributed by atoms with E-state index in [1.54, 1.807) is 16.2 Å². The van der Waals surface area contributed by atoms with Crippen LogP contribution in [0.1, 0.15) is 43.5 Å². The summed E-state index contributed by atoms with van der Waals surface area (Å²) in [4.78, 5) is 33.9. The molecule has 1 saturated carbocycles. The lowest BCUT2D eigenvalue weighted by molar-refractivity contribution is -0.135. The van der Waals surface area contributed by atoms with Crippen LogP contribution in [0.15, 0.2) is 24.3 Å². The van der Waals surface area contributed by atoms with E-state index in [1.165, 1.54) is 17.5 Å². The van der Waals surface area contributed by atoms with Crippen LogP contribution in [-0.4, -0.2) is 53.8 Å². The van der Waals surface area contributed by atoms with Gasteiger partial charge in [0.2, 0.25) is 11.8 Å². The van der Waals surface area contributed by atoms with Gasteiger partial charge in [0.1, 0.15) is 0 Å². The first kappa shape index (κ1) is 19.4. The first-order valence-electron chi connectivity index (χ1n) is 10.3. The van der Waals surface area contributed by atoms with Gasteiger partial charge in [-0.3, -0.25) is 9.59 Å². The minimum atomic E-state index is -0.0294. The second-order valence-electron chi connectivity index (χ2n) is 8.56. The Morgan fingerprint density at radius 2 is 2.00 bits per heavy atom. The summed E-state index contributed by atoms with van der Waals surface area (Å²) in [5.41, 5.74) is 1.06. The fourth-order valence-corrected chi connectivity index (χ4v) is 5.98. The Labute approximate surface area is 170 Å². The number of benzene rings is 1. The highest BCUT2D eigenvalue weighted by Crippen LogP contribution is 2.49. The predicted octanol–water partition coefficient (Wildman–Crippen LogP) is 3.73. The van der Waals surface area contributed by atoms with Crippen LogP contribution in [-0.2, 0) is 16.0 Å². The largest absolute Gasteiger partial charge is 0.349 e. The van der Waals surface area contributed by atoms with E-state index < -0.39 is 0 Å². The first-order valence-corrected chi connectivity index (χ1v) is 11.1. The minimum Gasteiger partial charge on any atom is -0.349 e. The number of carbonyl (C=O) groups excluding carboxylic acids is 2. The minimum absolute atomic E-state index is 0.0179. The van der Waals surface area contributed by atoms with Crippen molar-refractivity contribution in [2.24, 2.45) is 11.3 Å². The fraction of sp³-hybridized carbons (Fsp3) is 0.591. The fourth-order valence-electron chi connectivity index (χ4n) is 4.97. The summed E-state index contributed by atoms with van der Waals surface area (Å²) < 4.78 is 1.21. The number of para-hydroxylation sites is 1. The number of fused-ring (bicyclic) bond motifs is 1. The smallest absolute Gasteiger partial charge is 0.227 e. The van der Waals surface area contributed by atoms with Crippen LogP contribution in [0.4, 0.5) is 0 Å². The third-order valence-electron chi connectivity index (χ3n) is 6.46. The summed E-state index contributed by atoms with van der Waals surface area (Å²) >= 11 is 1.72. The Hall–Kier alpha value is -1.95. The molecular weight excluding hydrogens is 370 g/mol. The number of nitrogens with zero attached hydrogens (tertiary/aromatic N) is 3. The molecule has 1 aliphatic heterocycles. The number of thiazole rings is 1. The molecule has 28 heavy (non-hydrogen) atoms. The van der Waals surface area contributed by atoms with Crippen LogP contribution in [0, 0.1) is 11.3 Å². The van der Waals surface area contributed by atoms with E-state index in [2.05, 4.69) is 11.1 Å². The number of likely N-dealkylation sites (tertiary alicyclic amines) is 1. The zero-order chi connectivity index (χ0) is 19.7. The lowest BCUT2D eigenvalue weighted by atomic mass is 9.76. The van der Waals surface area contributed by atoms with E-state index in [9.17, 15) is 9.59 Å². The maximum atomic E-state index is 12.9. The highest BCUT2D eigenvalue weighted by molar-refractivity contribution is 7.18. The van der Waals surface area contributed by atoms with Crippen LogP contribution in [0.25, 0.3) is 10.2 Å². The topological polar surface area (TPSA) is 53.5 Å². The summed E-state index contributed by atoms with van der Waals surface area (Å²) in [6.07, 6.45) is 6.70. The Bertz CT molecular complexity index is 837. The molecule has 1 spiro atoms. The lowest BCUT2D eigenvalue weighted by Crippen LogP contribution is -2.39. The lowest BCUT2D eigenvalue weighted by Gasteiger charge is -2.30. The molecule has 0 radical (unpaired) electrons. The number of carbonyl (C=O) groups is 2. The second kappa shape index (κ2) is 7.82. The van der Waals surface area contributed by atoms with E-state index in [0.29, 0.717) is 13.0 Å². The van der Waals surface area contributed by atoms with Crippen molar-refractivity contribution >= 4 is 33.4 Å². The van der Waals surface area contributed by atoms with Crippen molar-refractivity contribution in [2.75, 3.05) is 27.2 Å². The van der Waals surface area contributed by atoms with Gasteiger partial charge in [-0.2, -0.15) is 0 Å². The average molecular weight is 400 g/mol. The second-order valence-corrected chi connectivity index (χ2v) is 9.67. The van der Waals surface area contributed by atoms with Gasteiger partial charge in [-0.1, -0.05) is 25.0 Å². The van der Waals surface area contributed by atoms with E-state index in [0.717, 1.165) is 42.8 Å². The Morgan fingerprint density at radius 1 is 1.25 bits per heavy atom. The quantitative estimate of drug-likeness (QED) is 0.770. The summed E-state index contributed by atoms with van der Waals surface area (Å²) in [6, 6.07) is 8.17. The molecule has 1 aromatic heterocycles. The van der Waals surface area contributed by atoms with E-state index in [-0.39, 0.29) is 23.1 Å². The molecule has 6 heteroatoms. The van der Waals surface area contributed by atoms with Crippen molar-refractivity contribution < 1.29 is 9.59 Å². The summed E-state index contributed by atoms with van der Waals surface area (Å²) in [7, 11) is 3.65. The average Bonchev–Trinajstić information content (AvgIpc) is 3.40. The number of amides is 2. The zero-order valence-corrected chi connectivity index (χ0v) is 17.6. The van der Waals surface area contributed by atoms with Crippen molar-refractivity contribution in [1.29, 1.82) is 0 Å². The molecule has 2 fully saturated rings. The molecule has 150 valence electrons. The van der Waals surface area contributed by atoms with Crippen molar-refractivity contribution in [3.8, 4) is 0 Å². The van der Waals surface area contributed by atoms with Crippen molar-refractivity contribution in [3.05, 3.63) is 29.3 Å². The highest BCUT2D eigenvalue weighted by atomic mass is 32.1. The van der Waals surface area contributed by atoms with Crippen molar-refractivity contribution in [1.82, 2.24) is 14.8 Å². The van der Waals surface area contributed by atoms with E-state index >= 15 is 0 Å². The van der Waals surface area contributed by atoms with Crippen LogP contribution >= 0.6 is 11.3 Å². The number of hydrogen-bond acceptors (Lipinski definition) is 4. The molecule has 2 heterocycles. The normalized spacial score (nSPS) is 20.9. The third kappa shape index (κ3) is 3.66. The van der Waals surface area contributed by atoms with Gasteiger partial charge in [-0.05, 0) is 37.8 Å². The van der Waals surface area contributed by atoms with Gasteiger partial charge in [0.15, 0.2) is 0 Å². The molecule has 1 saturated heterocycles. The standard InChI is InChI=1S/C22H29N3O2S/c1-24(2)21(27)16-14-25(15-22(16)12-5-6-13-22)20(26)11-7-10-19-23-17-8-3-4-9-18(17)28-19/h3-4,8-9,16H,5-7,10-15H2,1-2H3. The van der Waals surface area contributed by atoms with Crippen molar-refractivity contribution in [2.45, 2.75) is 44.9 Å². The number of rotatable bonds is 5. The first-order chi connectivity index (χ1) is 13.5. The molecular formula is C22H29N3O2S. The highest BCUT2D eigenvalue weighted by Gasteiger charge is 2.52. The monoisotopic (exact) mass is 399 g/mol. The number of hydrogen-bond donors (Lipinski definition) is 0. The molecule has 4 rings (SSSR count). The summed E-state index contributed by atoms with van der Waals surface area (Å²) in [5.74, 6) is 0.353. The molecule has 2 amide bonds. The van der Waals surface area contributed by atoms with Gasteiger partial charge in [0.05, 0.1) is 21.1 Å². The molecule has 2 aliphatic rings. The Kier molecular flexibility index (Phi) is 5.41. The molecule has 0 bridgehead atoms. The maximum absolute atomic E-state index is 12.9. The van der Waals surface area contributed by atoms with Crippen LogP contribution in [0.2, 0.25) is 0 Å². The number of aromatic nitrogens is 1. The molecule has 0 N–H and O–H groups in total. The van der Waals surface area contributed by atoms with Gasteiger partial charge < -0.3 is 9.80 Å². The maximum Gasteiger partial charge on any atom is 0.227 e. The Balaban J connectivity index is 1.36. The van der Waals surface area contributed by atoms with Crippen LogP contribution in [0.5, 0.6) is 0 Å². The van der Waals surface area contributed by atoms with Gasteiger partial charge >= 0.3 is 0 Å². The number of aryl methyl sites for hydroxylation is 1. The molecule has 1 unspecified atom stereocenters. The zero-order valence-electron chi connectivity index (χ0n) is 16.8. The Morgan fingerprint density at radius 3 is 2.71 bits per heavy atom. The molecule has 2 aromatic rings. The van der Waals surface area contributed by atoms with Gasteiger partial charge in [0.25, 0.3) is 0 Å². The van der Waals surface area contributed by atoms with Gasteiger partial charge in [-0.15, -0.1) is 11.3 Å². The summed E-state index contributed by atoms with van der Waals surface area (Å²) in [6.45, 7) is 1.36. The summed E-state index contributed by atoms with van der Waals surface area (Å²) in [5, 5.41) is 1.10. The van der Waals surface area contributed by atoms with Gasteiger partial charge in [0, 0.05) is 39.0 Å². The molecule has 1 aliphatic carbocycles. The van der Waals surface area contributed by atoms with Crippen LogP contribution < -0.4 is 0 Å². The van der Waals surface area contributed by atoms with E-state index in [1.807, 2.05) is 37.2 Å². The third-order valence-corrected chi connectivity index (χ3v) is 7.55. The molecule has 1 aromatic carbocycles. The van der Waals surface area contributed by atoms with Crippen LogP contribution in [0.3, 0.4) is 0 Å². The van der Waals surface area contributed by atoms with Gasteiger partial charge in [-0.25, -0.2) is 4.98 Å². The SMILES string of the molecule is CN(C)C(=O)C1CN(C(=O)CCCc2nc3ccccc3s2)CC12CCCC2. The predicted molar refractivity (Wildman–Crippen MR) is 112 cm³/mol. The molecule has 5 nitrogen and oxygen atoms in total. The molecule has 1 atom stereocenters. The van der Waals surface area contributed by atoms with Crippen molar-refractivity contribution in [3.63, 3.8) is 0 Å².